The van der Waals surface area contributed by atoms with Gasteiger partial charge in [-0.3, -0.25) is 19.8 Å². The van der Waals surface area contributed by atoms with Crippen LogP contribution in [-0.2, 0) is 19.1 Å². The van der Waals surface area contributed by atoms with E-state index < -0.39 is 18.1 Å². The Hall–Kier alpha value is -2.06. The summed E-state index contributed by atoms with van der Waals surface area (Å²) in [6, 6.07) is 6.55. The van der Waals surface area contributed by atoms with Gasteiger partial charge in [0.1, 0.15) is 5.57 Å². The molecule has 8 heteroatoms. The van der Waals surface area contributed by atoms with Crippen LogP contribution in [0.4, 0.5) is 5.69 Å². The van der Waals surface area contributed by atoms with Gasteiger partial charge in [-0.25, -0.2) is 0 Å². The molecule has 1 aliphatic heterocycles. The van der Waals surface area contributed by atoms with Gasteiger partial charge in [-0.1, -0.05) is 17.7 Å². The zero-order valence-corrected chi connectivity index (χ0v) is 14.6. The SMILES string of the molecule is COC(/C=C/C=C1/C(=O)NC(=S)N(c2ccc(Cl)cc2)C1=O)OC. The highest BCUT2D eigenvalue weighted by atomic mass is 35.5. The van der Waals surface area contributed by atoms with E-state index in [-0.39, 0.29) is 10.7 Å². The van der Waals surface area contributed by atoms with E-state index in [1.807, 2.05) is 0 Å². The minimum absolute atomic E-state index is 0.0140. The van der Waals surface area contributed by atoms with Gasteiger partial charge in [0.05, 0.1) is 5.69 Å². The lowest BCUT2D eigenvalue weighted by Crippen LogP contribution is -2.54. The van der Waals surface area contributed by atoms with Gasteiger partial charge in [-0.15, -0.1) is 0 Å². The quantitative estimate of drug-likeness (QED) is 0.374. The van der Waals surface area contributed by atoms with Crippen LogP contribution in [0.2, 0.25) is 5.02 Å². The number of hydrogen-bond acceptors (Lipinski definition) is 5. The summed E-state index contributed by atoms with van der Waals surface area (Å²) in [4.78, 5) is 25.9. The molecule has 1 heterocycles. The van der Waals surface area contributed by atoms with E-state index in [1.165, 1.54) is 31.3 Å². The fraction of sp³-hybridized carbons (Fsp3) is 0.188. The van der Waals surface area contributed by atoms with E-state index in [1.54, 1.807) is 30.3 Å². The Labute approximate surface area is 149 Å². The number of ether oxygens (including phenoxy) is 2. The van der Waals surface area contributed by atoms with Crippen LogP contribution in [0.3, 0.4) is 0 Å². The standard InChI is InChI=1S/C16H15ClN2O4S/c1-22-13(23-2)5-3-4-12-14(20)18-16(24)19(15(12)21)11-8-6-10(17)7-9-11/h3-9,13H,1-2H3,(H,18,20,24)/b5-3+,12-4-. The number of hydrogen-bond donors (Lipinski definition) is 1. The number of nitrogens with one attached hydrogen (secondary N) is 1. The minimum Gasteiger partial charge on any atom is -0.352 e. The Balaban J connectivity index is 2.29. The fourth-order valence-electron chi connectivity index (χ4n) is 2.00. The smallest absolute Gasteiger partial charge is 0.270 e. The normalized spacial score (nSPS) is 17.2. The first-order valence-corrected chi connectivity index (χ1v) is 7.66. The van der Waals surface area contributed by atoms with Gasteiger partial charge in [0.2, 0.25) is 0 Å². The lowest BCUT2D eigenvalue weighted by Gasteiger charge is -2.28. The first-order chi connectivity index (χ1) is 11.5. The number of thiocarbonyl (C=S) groups is 1. The molecule has 0 unspecified atom stereocenters. The zero-order valence-electron chi connectivity index (χ0n) is 13.0. The van der Waals surface area contributed by atoms with Crippen molar-refractivity contribution in [3.8, 4) is 0 Å². The van der Waals surface area contributed by atoms with E-state index in [0.29, 0.717) is 10.7 Å². The maximum Gasteiger partial charge on any atom is 0.270 e. The maximum atomic E-state index is 12.6. The summed E-state index contributed by atoms with van der Waals surface area (Å²) in [5.74, 6) is -1.09. The number of carbonyl (C=O) groups excluding carboxylic acids is 2. The highest BCUT2D eigenvalue weighted by Gasteiger charge is 2.34. The molecule has 1 N–H and O–H groups in total. The van der Waals surface area contributed by atoms with Crippen LogP contribution in [0.25, 0.3) is 0 Å². The predicted octanol–water partition coefficient (Wildman–Crippen LogP) is 2.19. The van der Waals surface area contributed by atoms with Crippen molar-refractivity contribution in [3.63, 3.8) is 0 Å². The number of rotatable bonds is 5. The van der Waals surface area contributed by atoms with E-state index in [0.717, 1.165) is 0 Å². The number of halogens is 1. The third-order valence-electron chi connectivity index (χ3n) is 3.18. The number of allylic oxidation sites excluding steroid dienone is 2. The number of benzene rings is 1. The molecule has 1 saturated heterocycles. The second-order valence-corrected chi connectivity index (χ2v) is 5.50. The topological polar surface area (TPSA) is 67.9 Å². The number of carbonyl (C=O) groups is 2. The van der Waals surface area contributed by atoms with Crippen LogP contribution < -0.4 is 10.2 Å². The van der Waals surface area contributed by atoms with Crippen LogP contribution in [-0.4, -0.2) is 37.4 Å². The van der Waals surface area contributed by atoms with Crippen molar-refractivity contribution in [2.24, 2.45) is 0 Å². The van der Waals surface area contributed by atoms with Crippen LogP contribution in [0.5, 0.6) is 0 Å². The Kier molecular flexibility index (Phi) is 6.22. The maximum absolute atomic E-state index is 12.6. The summed E-state index contributed by atoms with van der Waals surface area (Å²) < 4.78 is 9.99. The van der Waals surface area contributed by atoms with Gasteiger partial charge in [-0.2, -0.15) is 0 Å². The third-order valence-corrected chi connectivity index (χ3v) is 3.72. The van der Waals surface area contributed by atoms with Gasteiger partial charge in [0, 0.05) is 19.2 Å². The second-order valence-electron chi connectivity index (χ2n) is 4.68. The van der Waals surface area contributed by atoms with Crippen LogP contribution in [0.1, 0.15) is 0 Å². The molecule has 2 amide bonds. The lowest BCUT2D eigenvalue weighted by atomic mass is 10.1. The van der Waals surface area contributed by atoms with Crippen molar-refractivity contribution in [2.45, 2.75) is 6.29 Å². The molecule has 0 radical (unpaired) electrons. The molecule has 0 spiro atoms. The molecule has 24 heavy (non-hydrogen) atoms. The first kappa shape index (κ1) is 18.3. The highest BCUT2D eigenvalue weighted by molar-refractivity contribution is 7.80. The molecule has 0 bridgehead atoms. The summed E-state index contributed by atoms with van der Waals surface area (Å²) in [7, 11) is 2.95. The average molecular weight is 367 g/mol. The van der Waals surface area contributed by atoms with Gasteiger partial charge in [-0.05, 0) is 48.6 Å². The summed E-state index contributed by atoms with van der Waals surface area (Å²) in [5, 5.41) is 3.03. The lowest BCUT2D eigenvalue weighted by molar-refractivity contribution is -0.122. The molecule has 6 nitrogen and oxygen atoms in total. The van der Waals surface area contributed by atoms with Crippen molar-refractivity contribution in [2.75, 3.05) is 19.1 Å². The highest BCUT2D eigenvalue weighted by Crippen LogP contribution is 2.22. The molecule has 2 rings (SSSR count). The first-order valence-electron chi connectivity index (χ1n) is 6.87. The monoisotopic (exact) mass is 366 g/mol. The largest absolute Gasteiger partial charge is 0.352 e. The fourth-order valence-corrected chi connectivity index (χ4v) is 2.40. The Morgan fingerprint density at radius 3 is 2.42 bits per heavy atom. The molecule has 1 aliphatic rings. The number of anilines is 1. The van der Waals surface area contributed by atoms with Crippen LogP contribution in [0, 0.1) is 0 Å². The van der Waals surface area contributed by atoms with Gasteiger partial charge in [0.25, 0.3) is 11.8 Å². The summed E-state index contributed by atoms with van der Waals surface area (Å²) in [5.41, 5.74) is 0.455. The number of nitrogens with zero attached hydrogens (tertiary/aromatic N) is 1. The molecule has 1 aromatic rings. The van der Waals surface area contributed by atoms with Crippen molar-refractivity contribution >= 4 is 46.4 Å². The van der Waals surface area contributed by atoms with E-state index in [9.17, 15) is 9.59 Å². The molecular formula is C16H15ClN2O4S. The molecule has 126 valence electrons. The van der Waals surface area contributed by atoms with Crippen molar-refractivity contribution < 1.29 is 19.1 Å². The second kappa shape index (κ2) is 8.16. The van der Waals surface area contributed by atoms with E-state index in [2.05, 4.69) is 5.32 Å². The molecule has 1 aromatic carbocycles. The van der Waals surface area contributed by atoms with Crippen molar-refractivity contribution in [3.05, 3.63) is 53.1 Å². The number of methoxy groups -OCH3 is 2. The van der Waals surface area contributed by atoms with Gasteiger partial charge < -0.3 is 9.47 Å². The van der Waals surface area contributed by atoms with Crippen molar-refractivity contribution in [1.82, 2.24) is 5.32 Å². The Morgan fingerprint density at radius 2 is 1.83 bits per heavy atom. The molecule has 0 atom stereocenters. The van der Waals surface area contributed by atoms with Crippen LogP contribution >= 0.6 is 23.8 Å². The van der Waals surface area contributed by atoms with E-state index >= 15 is 0 Å². The summed E-state index contributed by atoms with van der Waals surface area (Å²) >= 11 is 10.9. The molecule has 0 aromatic heterocycles. The molecular weight excluding hydrogens is 352 g/mol. The molecule has 1 fully saturated rings. The van der Waals surface area contributed by atoms with Gasteiger partial charge >= 0.3 is 0 Å². The van der Waals surface area contributed by atoms with Crippen molar-refractivity contribution in [1.29, 1.82) is 0 Å². The van der Waals surface area contributed by atoms with Crippen LogP contribution in [0.15, 0.2) is 48.1 Å². The third kappa shape index (κ3) is 4.07. The van der Waals surface area contributed by atoms with E-state index in [4.69, 9.17) is 33.3 Å². The predicted molar refractivity (Wildman–Crippen MR) is 94.7 cm³/mol. The molecule has 0 aliphatic carbocycles. The Bertz CT molecular complexity index is 711. The zero-order chi connectivity index (χ0) is 17.7. The summed E-state index contributed by atoms with van der Waals surface area (Å²) in [6.07, 6.45) is 3.89. The molecule has 0 saturated carbocycles. The van der Waals surface area contributed by atoms with Gasteiger partial charge in [0.15, 0.2) is 11.4 Å². The average Bonchev–Trinajstić information content (AvgIpc) is 2.56. The minimum atomic E-state index is -0.572. The summed E-state index contributed by atoms with van der Waals surface area (Å²) in [6.45, 7) is 0. The number of amides is 2. The Morgan fingerprint density at radius 1 is 1.21 bits per heavy atom.